The summed E-state index contributed by atoms with van der Waals surface area (Å²) in [5.74, 6) is -0.338. The average Bonchev–Trinajstić information content (AvgIpc) is 2.36. The Hall–Kier alpha value is -1.40. The standard InChI is InChI=1S/C15H17BrN2O2S/c1-8(2)20-14(19)12-9(3)17-15(21)18-13(12)10-5-4-6-11(16)7-10/h4-8,13H,1-3H3,(H2,17,18,21). The number of carbonyl (C=O) groups excluding carboxylic acids is 1. The lowest BCUT2D eigenvalue weighted by molar-refractivity contribution is -0.143. The number of ether oxygens (including phenoxy) is 1. The smallest absolute Gasteiger partial charge is 0.338 e. The van der Waals surface area contributed by atoms with Crippen LogP contribution in [0.25, 0.3) is 0 Å². The van der Waals surface area contributed by atoms with Crippen molar-refractivity contribution in [2.75, 3.05) is 0 Å². The van der Waals surface area contributed by atoms with E-state index in [0.717, 1.165) is 15.7 Å². The SMILES string of the molecule is CC1=C(C(=O)OC(C)C)C(c2cccc(Br)c2)NC(=S)N1. The highest BCUT2D eigenvalue weighted by atomic mass is 79.9. The van der Waals surface area contributed by atoms with Crippen molar-refractivity contribution in [3.63, 3.8) is 0 Å². The number of halogens is 1. The van der Waals surface area contributed by atoms with Crippen molar-refractivity contribution in [3.8, 4) is 0 Å². The van der Waals surface area contributed by atoms with Crippen molar-refractivity contribution in [3.05, 3.63) is 45.6 Å². The fourth-order valence-corrected chi connectivity index (χ4v) is 2.87. The molecular weight excluding hydrogens is 352 g/mol. The van der Waals surface area contributed by atoms with Gasteiger partial charge in [-0.05, 0) is 50.7 Å². The second-order valence-corrected chi connectivity index (χ2v) is 6.40. The normalized spacial score (nSPS) is 18.3. The number of rotatable bonds is 3. The molecule has 1 aromatic carbocycles. The Labute approximate surface area is 138 Å². The summed E-state index contributed by atoms with van der Waals surface area (Å²) in [6.07, 6.45) is -0.171. The average molecular weight is 369 g/mol. The molecule has 0 radical (unpaired) electrons. The Kier molecular flexibility index (Phi) is 5.00. The first-order chi connectivity index (χ1) is 9.88. The summed E-state index contributed by atoms with van der Waals surface area (Å²) in [4.78, 5) is 12.4. The van der Waals surface area contributed by atoms with E-state index in [0.29, 0.717) is 10.7 Å². The molecule has 21 heavy (non-hydrogen) atoms. The van der Waals surface area contributed by atoms with Crippen LogP contribution < -0.4 is 10.6 Å². The van der Waals surface area contributed by atoms with Crippen LogP contribution in [0.3, 0.4) is 0 Å². The molecule has 1 aliphatic rings. The lowest BCUT2D eigenvalue weighted by Crippen LogP contribution is -2.45. The van der Waals surface area contributed by atoms with E-state index in [1.165, 1.54) is 0 Å². The Morgan fingerprint density at radius 2 is 2.14 bits per heavy atom. The molecule has 2 rings (SSSR count). The van der Waals surface area contributed by atoms with Gasteiger partial charge in [-0.15, -0.1) is 0 Å². The third-order valence-electron chi connectivity index (χ3n) is 3.01. The first-order valence-corrected chi connectivity index (χ1v) is 7.83. The summed E-state index contributed by atoms with van der Waals surface area (Å²) in [6, 6.07) is 7.45. The van der Waals surface area contributed by atoms with Crippen LogP contribution >= 0.6 is 28.1 Å². The topological polar surface area (TPSA) is 50.4 Å². The molecule has 4 nitrogen and oxygen atoms in total. The molecule has 1 aliphatic heterocycles. The fourth-order valence-electron chi connectivity index (χ4n) is 2.18. The minimum atomic E-state index is -0.338. The van der Waals surface area contributed by atoms with Crippen molar-refractivity contribution in [2.45, 2.75) is 32.9 Å². The summed E-state index contributed by atoms with van der Waals surface area (Å²) in [5.41, 5.74) is 2.22. The van der Waals surface area contributed by atoms with E-state index in [2.05, 4.69) is 26.6 Å². The van der Waals surface area contributed by atoms with Crippen molar-refractivity contribution in [1.82, 2.24) is 10.6 Å². The van der Waals surface area contributed by atoms with E-state index >= 15 is 0 Å². The number of benzene rings is 1. The first kappa shape index (κ1) is 16.0. The van der Waals surface area contributed by atoms with Gasteiger partial charge in [-0.3, -0.25) is 0 Å². The molecule has 1 heterocycles. The van der Waals surface area contributed by atoms with Crippen LogP contribution in [0.2, 0.25) is 0 Å². The molecule has 1 atom stereocenters. The predicted molar refractivity (Wildman–Crippen MR) is 89.7 cm³/mol. The molecule has 0 spiro atoms. The molecule has 1 aromatic rings. The van der Waals surface area contributed by atoms with E-state index in [1.807, 2.05) is 45.0 Å². The summed E-state index contributed by atoms with van der Waals surface area (Å²) in [5, 5.41) is 6.62. The molecule has 0 fully saturated rings. The van der Waals surface area contributed by atoms with Crippen molar-refractivity contribution < 1.29 is 9.53 Å². The molecule has 2 N–H and O–H groups in total. The zero-order valence-electron chi connectivity index (χ0n) is 12.1. The Morgan fingerprint density at radius 1 is 1.43 bits per heavy atom. The highest BCUT2D eigenvalue weighted by molar-refractivity contribution is 9.10. The van der Waals surface area contributed by atoms with Gasteiger partial charge in [0.15, 0.2) is 5.11 Å². The molecule has 0 saturated heterocycles. The summed E-state index contributed by atoms with van der Waals surface area (Å²) in [6.45, 7) is 5.49. The van der Waals surface area contributed by atoms with Gasteiger partial charge >= 0.3 is 5.97 Å². The zero-order chi connectivity index (χ0) is 15.6. The van der Waals surface area contributed by atoms with Gasteiger partial charge in [-0.2, -0.15) is 0 Å². The second-order valence-electron chi connectivity index (χ2n) is 5.08. The molecule has 6 heteroatoms. The largest absolute Gasteiger partial charge is 0.459 e. The maximum Gasteiger partial charge on any atom is 0.338 e. The van der Waals surface area contributed by atoms with Gasteiger partial charge in [0.2, 0.25) is 0 Å². The Morgan fingerprint density at radius 3 is 2.76 bits per heavy atom. The van der Waals surface area contributed by atoms with Crippen LogP contribution in [0.4, 0.5) is 0 Å². The van der Waals surface area contributed by atoms with Crippen LogP contribution in [-0.4, -0.2) is 17.2 Å². The van der Waals surface area contributed by atoms with Gasteiger partial charge in [0.1, 0.15) is 0 Å². The van der Waals surface area contributed by atoms with Crippen LogP contribution in [-0.2, 0) is 9.53 Å². The number of esters is 1. The van der Waals surface area contributed by atoms with E-state index < -0.39 is 0 Å². The van der Waals surface area contributed by atoms with E-state index in [-0.39, 0.29) is 18.1 Å². The van der Waals surface area contributed by atoms with Crippen molar-refractivity contribution in [1.29, 1.82) is 0 Å². The maximum atomic E-state index is 12.4. The third-order valence-corrected chi connectivity index (χ3v) is 3.73. The minimum Gasteiger partial charge on any atom is -0.459 e. The minimum absolute atomic E-state index is 0.171. The molecule has 0 saturated carbocycles. The van der Waals surface area contributed by atoms with Gasteiger partial charge in [0.25, 0.3) is 0 Å². The van der Waals surface area contributed by atoms with E-state index in [1.54, 1.807) is 0 Å². The number of allylic oxidation sites excluding steroid dienone is 1. The molecule has 112 valence electrons. The molecule has 0 amide bonds. The van der Waals surface area contributed by atoms with E-state index in [9.17, 15) is 4.79 Å². The maximum absolute atomic E-state index is 12.4. The lowest BCUT2D eigenvalue weighted by Gasteiger charge is -2.30. The van der Waals surface area contributed by atoms with Gasteiger partial charge < -0.3 is 15.4 Å². The Bertz CT molecular complexity index is 613. The van der Waals surface area contributed by atoms with Crippen LogP contribution in [0, 0.1) is 0 Å². The van der Waals surface area contributed by atoms with Crippen molar-refractivity contribution >= 4 is 39.2 Å². The summed E-state index contributed by atoms with van der Waals surface area (Å²) < 4.78 is 6.29. The van der Waals surface area contributed by atoms with Crippen LogP contribution in [0.1, 0.15) is 32.4 Å². The van der Waals surface area contributed by atoms with Crippen molar-refractivity contribution in [2.24, 2.45) is 0 Å². The second kappa shape index (κ2) is 6.58. The monoisotopic (exact) mass is 368 g/mol. The summed E-state index contributed by atoms with van der Waals surface area (Å²) in [7, 11) is 0. The summed E-state index contributed by atoms with van der Waals surface area (Å²) >= 11 is 8.65. The quantitative estimate of drug-likeness (QED) is 0.633. The number of hydrogen-bond donors (Lipinski definition) is 2. The van der Waals surface area contributed by atoms with Gasteiger partial charge in [0, 0.05) is 10.2 Å². The Balaban J connectivity index is 2.43. The van der Waals surface area contributed by atoms with E-state index in [4.69, 9.17) is 17.0 Å². The van der Waals surface area contributed by atoms with Crippen LogP contribution in [0.15, 0.2) is 40.0 Å². The van der Waals surface area contributed by atoms with Gasteiger partial charge in [0.05, 0.1) is 17.7 Å². The highest BCUT2D eigenvalue weighted by Gasteiger charge is 2.31. The van der Waals surface area contributed by atoms with Crippen LogP contribution in [0.5, 0.6) is 0 Å². The molecule has 0 aliphatic carbocycles. The number of thiocarbonyl (C=S) groups is 1. The first-order valence-electron chi connectivity index (χ1n) is 6.63. The number of nitrogens with one attached hydrogen (secondary N) is 2. The molecule has 0 aromatic heterocycles. The molecule has 1 unspecified atom stereocenters. The number of hydrogen-bond acceptors (Lipinski definition) is 3. The highest BCUT2D eigenvalue weighted by Crippen LogP contribution is 2.29. The van der Waals surface area contributed by atoms with Gasteiger partial charge in [-0.25, -0.2) is 4.79 Å². The predicted octanol–water partition coefficient (Wildman–Crippen LogP) is 3.19. The number of carbonyl (C=O) groups is 1. The molecular formula is C15H17BrN2O2S. The fraction of sp³-hybridized carbons (Fsp3) is 0.333. The molecule has 0 bridgehead atoms. The zero-order valence-corrected chi connectivity index (χ0v) is 14.5. The van der Waals surface area contributed by atoms with Gasteiger partial charge in [-0.1, -0.05) is 28.1 Å². The third kappa shape index (κ3) is 3.83. The lowest BCUT2D eigenvalue weighted by atomic mass is 9.96.